The van der Waals surface area contributed by atoms with Gasteiger partial charge in [-0.05, 0) is 220 Å². The fourth-order valence-electron chi connectivity index (χ4n) is 7.64. The number of tetrazole rings is 4. The number of imidazole rings is 1. The number of benzene rings is 5. The minimum atomic E-state index is -4.48. The van der Waals surface area contributed by atoms with Crippen LogP contribution in [0.2, 0.25) is 0 Å². The number of nitrogens with one attached hydrogen (secondary N) is 14. The number of rotatable bonds is 12. The third-order valence-electron chi connectivity index (χ3n) is 12.5. The fourth-order valence-corrected chi connectivity index (χ4v) is 11.8. The van der Waals surface area contributed by atoms with Crippen molar-refractivity contribution in [2.24, 2.45) is 7.05 Å². The number of aliphatic carboxylic acids is 1. The van der Waals surface area contributed by atoms with Gasteiger partial charge in [0, 0.05) is 31.9 Å². The Kier molecular flexibility index (Phi) is 42.5. The maximum absolute atomic E-state index is 11.2. The average molecular weight is 1840 g/mol. The zero-order valence-electron chi connectivity index (χ0n) is 59.7. The normalized spacial score (nSPS) is 10.1. The van der Waals surface area contributed by atoms with Gasteiger partial charge in [0.05, 0.1) is 50.9 Å². The summed E-state index contributed by atoms with van der Waals surface area (Å²) >= 11 is 51.1. The van der Waals surface area contributed by atoms with E-state index < -0.39 is 26.2 Å². The zero-order valence-corrected chi connectivity index (χ0v) is 75.2. The van der Waals surface area contributed by atoms with E-state index in [9.17, 15) is 35.5 Å². The topological polar surface area (TPSA) is 593 Å². The number of hydrogen-bond donors (Lipinski definition) is 15. The molecule has 590 valence electrons. The largest absolute Gasteiger partial charge is 1.00 e. The summed E-state index contributed by atoms with van der Waals surface area (Å²) in [5, 5.41) is 79.2. The van der Waals surface area contributed by atoms with Crippen LogP contribution in [-0.2, 0) is 45.0 Å². The molecule has 0 spiro atoms. The molecule has 2 amide bonds. The van der Waals surface area contributed by atoms with Crippen LogP contribution in [0.25, 0.3) is 33.8 Å². The van der Waals surface area contributed by atoms with Gasteiger partial charge in [0.25, 0.3) is 4.84 Å². The quantitative estimate of drug-likeness (QED) is 0.0356. The molecule has 15 rings (SSSR count). The number of anilines is 1. The van der Waals surface area contributed by atoms with Gasteiger partial charge in [0.1, 0.15) is 38.7 Å². The molecule has 0 saturated heterocycles. The van der Waals surface area contributed by atoms with Gasteiger partial charge in [-0.15, -0.1) is 5.10 Å². The predicted molar refractivity (Wildman–Crippen MR) is 430 cm³/mol. The van der Waals surface area contributed by atoms with Crippen molar-refractivity contribution in [2.75, 3.05) is 18.6 Å². The summed E-state index contributed by atoms with van der Waals surface area (Å²) in [5.41, 5.74) is 5.49. The number of carbonyl (C=O) groups excluding carboxylic acids is 1. The molecular weight excluding hydrogens is 1780 g/mol. The summed E-state index contributed by atoms with van der Waals surface area (Å²) in [6.45, 7) is 4.15. The molecule has 10 aromatic heterocycles. The Morgan fingerprint density at radius 1 is 0.623 bits per heavy atom. The molecule has 0 bridgehead atoms. The van der Waals surface area contributed by atoms with Gasteiger partial charge in [0.2, 0.25) is 34.5 Å². The number of amides is 2. The second-order valence-electron chi connectivity index (χ2n) is 20.2. The van der Waals surface area contributed by atoms with E-state index in [1.165, 1.54) is 78.9 Å². The summed E-state index contributed by atoms with van der Waals surface area (Å²) in [6, 6.07) is 35.4. The number of carboxylic acid groups (broad SMARTS) is 1. The van der Waals surface area contributed by atoms with Crippen LogP contribution in [0.15, 0.2) is 159 Å². The number of carbonyl (C=O) groups is 2. The maximum Gasteiger partial charge on any atom is 1.00 e. The number of H-pyrrole nitrogens is 12. The van der Waals surface area contributed by atoms with E-state index in [-0.39, 0.29) is 102 Å². The first-order chi connectivity index (χ1) is 53.3. The summed E-state index contributed by atoms with van der Waals surface area (Å²) in [7, 11) is -5.52. The molecule has 0 unspecified atom stereocenters. The Labute approximate surface area is 745 Å². The number of aromatic nitrogens is 31. The third kappa shape index (κ3) is 33.9. The molecule has 43 nitrogen and oxygen atoms in total. The van der Waals surface area contributed by atoms with E-state index in [1.807, 2.05) is 92.4 Å². The van der Waals surface area contributed by atoms with E-state index in [0.29, 0.717) is 51.6 Å². The SMILES string of the molecule is CCc1n[nH]c(=S)o1.CNC(=O)Nc1cccc(-n2[nH]nnc2=S)c1.CSc1n[nH]c(=S)s1.Cc1n[nH]c(=S)n1-c1ccccc1.Cn1cnc(=S)[nH]1.O=C(O)CCn1[nH]nnc1=S.O=S(=O)([O-])c1ccc(-n2[nH]nnc2=S)cc1.O=S(=O)([O-])c1cccc(-n2[nH]nnc2=S)c1.S=c1[nH]c2ccccc2[nH]1.S=c1nc[nH][nH]1.[Na+].[Na+]. The van der Waals surface area contributed by atoms with Crippen LogP contribution < -0.4 is 69.7 Å². The molecule has 0 aliphatic heterocycles. The third-order valence-corrected chi connectivity index (χ3v) is 18.4. The number of nitrogens with zero attached hydrogens (tertiary/aromatic N) is 19. The van der Waals surface area contributed by atoms with E-state index in [1.54, 1.807) is 54.1 Å². The van der Waals surface area contributed by atoms with Gasteiger partial charge >= 0.3 is 71.1 Å². The molecule has 0 radical (unpaired) electrons. The standard InChI is InChI=1S/C9H10N6OS.C9H9N3S.2C7H6N4O3S2.C7H6N2S.C4H6N4O2S.C4H6N2OS.C3H5N3S.C3H4N2S3.C2H3N3S.2Na/c1-10-8(16)11-6-3-2-4-7(5-6)15-9(17)12-13-14-15;1-7-10-11-9(13)12(7)8-5-3-2-4-6-8;12-16(13,14)6-3-1-5(2-4-6)11-7(15)8-9-10-11;12-16(13,14)6-3-1-2-5(4-6)11-7(15)8-9-10-11;10-7-8-5-3-1-2-4-6(5)9-7;9-3(10)1-2-8-4(11)5-6-7-8;1-2-3-5-6-4(8)7-3;1-6-2-4-3(7)5-6;1-7-3-5-4-2(6)8-3;6-2-3-1-4-5-2;;/h2-5H,1H3,(H2,10,11,16)(H,12,14,17);2-6H,1H3,(H,11,13);2*1-4H,(H,8,10,15)(H,12,13,14);1-4H,(H2,8,9,10);1-2H2,(H,9,10)(H,5,7,11);2H2,1H3,(H,6,8);2H,1H3,(H,5,7);1H3,(H,4,6);1H,(H2,3,4,5,6);;/q;;;;;;;;;;2*+1/p-2. The maximum atomic E-state index is 11.2. The van der Waals surface area contributed by atoms with Crippen LogP contribution >= 0.6 is 145 Å². The van der Waals surface area contributed by atoms with Crippen molar-refractivity contribution in [1.82, 2.24) is 161 Å². The van der Waals surface area contributed by atoms with Crippen LogP contribution in [0.1, 0.15) is 25.1 Å². The molecular formula is C55H59N33Na2O10S14. The van der Waals surface area contributed by atoms with E-state index in [4.69, 9.17) is 95.0 Å². The number of aromatic amines is 12. The van der Waals surface area contributed by atoms with Gasteiger partial charge in [-0.1, -0.05) is 114 Å². The number of urea groups is 1. The van der Waals surface area contributed by atoms with Crippen molar-refractivity contribution in [3.63, 3.8) is 0 Å². The summed E-state index contributed by atoms with van der Waals surface area (Å²) in [5.74, 6) is 0.660. The Balaban J connectivity index is 0.000000270. The number of fused-ring (bicyclic) bond motifs is 1. The number of para-hydroxylation sites is 3. The molecule has 0 saturated carbocycles. The Hall–Kier alpha value is -8.92. The number of thioether (sulfide) groups is 1. The van der Waals surface area contributed by atoms with Crippen molar-refractivity contribution in [3.05, 3.63) is 199 Å². The van der Waals surface area contributed by atoms with Crippen LogP contribution in [0, 0.1) is 53.9 Å². The molecule has 0 aliphatic carbocycles. The predicted octanol–water partition coefficient (Wildman–Crippen LogP) is 3.98. The van der Waals surface area contributed by atoms with Gasteiger partial charge in [-0.2, -0.15) is 31.1 Å². The summed E-state index contributed by atoms with van der Waals surface area (Å²) in [6.07, 6.45) is 5.90. The molecule has 0 atom stereocenters. The molecule has 59 heteroatoms. The van der Waals surface area contributed by atoms with Crippen LogP contribution in [0.3, 0.4) is 0 Å². The summed E-state index contributed by atoms with van der Waals surface area (Å²) in [4.78, 5) is 34.4. The van der Waals surface area contributed by atoms with Gasteiger partial charge < -0.3 is 39.2 Å². The fraction of sp³-hybridized carbons (Fsp3) is 0.145. The van der Waals surface area contributed by atoms with Crippen molar-refractivity contribution < 1.29 is 104 Å². The Morgan fingerprint density at radius 3 is 1.55 bits per heavy atom. The zero-order chi connectivity index (χ0) is 81.9. The van der Waals surface area contributed by atoms with Crippen LogP contribution in [0.4, 0.5) is 10.5 Å². The Morgan fingerprint density at radius 2 is 1.17 bits per heavy atom. The monoisotopic (exact) mass is 1840 g/mol. The summed E-state index contributed by atoms with van der Waals surface area (Å²) < 4.78 is 83.5. The van der Waals surface area contributed by atoms with Gasteiger partial charge in [0.15, 0.2) is 17.8 Å². The van der Waals surface area contributed by atoms with Crippen molar-refractivity contribution in [1.29, 1.82) is 0 Å². The smallest absolute Gasteiger partial charge is 0.744 e. The van der Waals surface area contributed by atoms with Crippen molar-refractivity contribution in [2.45, 2.75) is 47.4 Å². The minimum Gasteiger partial charge on any atom is -0.744 e. The second kappa shape index (κ2) is 49.8. The van der Waals surface area contributed by atoms with Crippen LogP contribution in [-0.4, -0.2) is 212 Å². The molecule has 114 heavy (non-hydrogen) atoms. The molecule has 0 aliphatic rings. The molecule has 0 fully saturated rings. The van der Waals surface area contributed by atoms with Crippen LogP contribution in [0.5, 0.6) is 0 Å². The molecule has 10 heterocycles. The number of hydrogen-bond acceptors (Lipinski definition) is 34. The second-order valence-corrected chi connectivity index (χ2v) is 29.1. The van der Waals surface area contributed by atoms with Gasteiger partial charge in [-0.25, -0.2) is 55.4 Å². The molecule has 5 aromatic carbocycles. The first kappa shape index (κ1) is 97.4. The van der Waals surface area contributed by atoms with Crippen molar-refractivity contribution in [3.8, 4) is 22.7 Å². The number of aryl methyl sites for hydroxylation is 4. The van der Waals surface area contributed by atoms with E-state index in [2.05, 4.69) is 175 Å². The molecule has 15 N–H and O–H groups in total. The minimum absolute atomic E-state index is 0. The first-order valence-corrected chi connectivity index (χ1v) is 39.4. The van der Waals surface area contributed by atoms with Gasteiger partial charge in [-0.3, -0.25) is 39.5 Å². The average Bonchev–Trinajstić information content (AvgIpc) is 1.71. The Bertz CT molecular complexity index is 6230. The number of carboxylic acids is 1. The molecule has 15 aromatic rings. The van der Waals surface area contributed by atoms with E-state index in [0.717, 1.165) is 42.9 Å². The van der Waals surface area contributed by atoms with Crippen molar-refractivity contribution >= 4 is 194 Å². The first-order valence-electron chi connectivity index (χ1n) is 30.4. The van der Waals surface area contributed by atoms with E-state index >= 15 is 0 Å².